The molecule has 1 aliphatic heterocycles. The molecule has 15 heavy (non-hydrogen) atoms. The van der Waals surface area contributed by atoms with E-state index in [1.807, 2.05) is 32.6 Å². The highest BCUT2D eigenvalue weighted by molar-refractivity contribution is 5.83. The van der Waals surface area contributed by atoms with Gasteiger partial charge in [-0.25, -0.2) is 0 Å². The second-order valence-corrected chi connectivity index (χ2v) is 3.40. The zero-order valence-corrected chi connectivity index (χ0v) is 8.36. The smallest absolute Gasteiger partial charge is 0.118 e. The van der Waals surface area contributed by atoms with E-state index < -0.39 is 0 Å². The van der Waals surface area contributed by atoms with Crippen LogP contribution in [0.25, 0.3) is 0 Å². The number of nitrogens with zero attached hydrogens (tertiary/aromatic N) is 2. The molecule has 1 heterocycles. The van der Waals surface area contributed by atoms with Crippen molar-refractivity contribution in [3.05, 3.63) is 43.0 Å². The Balaban J connectivity index is 2.27. The summed E-state index contributed by atoms with van der Waals surface area (Å²) in [4.78, 5) is 4.37. The largest absolute Gasteiger partial charge is 0.384 e. The summed E-state index contributed by atoms with van der Waals surface area (Å²) in [6.07, 6.45) is 7.73. The van der Waals surface area contributed by atoms with Crippen molar-refractivity contribution in [1.82, 2.24) is 5.32 Å². The third-order valence-corrected chi connectivity index (χ3v) is 2.33. The van der Waals surface area contributed by atoms with Gasteiger partial charge in [0.1, 0.15) is 11.9 Å². The molecule has 3 N–H and O–H groups in total. The molecule has 1 aliphatic carbocycles. The first-order valence-corrected chi connectivity index (χ1v) is 4.65. The molecule has 4 heteroatoms. The Morgan fingerprint density at radius 2 is 2.13 bits per heavy atom. The second kappa shape index (κ2) is 3.93. The van der Waals surface area contributed by atoms with Crippen LogP contribution in [0.4, 0.5) is 0 Å². The first kappa shape index (κ1) is 10.0. The lowest BCUT2D eigenvalue weighted by Crippen LogP contribution is -2.36. The molecule has 5 radical (unpaired) electrons. The lowest BCUT2D eigenvalue weighted by Gasteiger charge is -2.24. The Labute approximate surface area is 89.9 Å². The van der Waals surface area contributed by atoms with Gasteiger partial charge in [-0.2, -0.15) is 5.26 Å². The molecular weight excluding hydrogens is 188 g/mol. The van der Waals surface area contributed by atoms with E-state index in [2.05, 4.69) is 16.4 Å². The monoisotopic (exact) mass is 199 g/mol. The topological polar surface area (TPSA) is 74.2 Å². The Bertz CT molecular complexity index is 355. The highest BCUT2D eigenvalue weighted by Crippen LogP contribution is 2.33. The Hall–Kier alpha value is -1.50. The number of aliphatic imine (C=N–C) groups is 1. The number of rotatable bonds is 1. The van der Waals surface area contributed by atoms with E-state index in [1.54, 1.807) is 0 Å². The van der Waals surface area contributed by atoms with Crippen molar-refractivity contribution >= 4 is 5.84 Å². The molecule has 1 saturated carbocycles. The standard InChI is InChI=1S/C11H11N4/c1-7-14-10(8-4-2-3-5-8)9(6-12)11(13)15-7/h2-5,10H,13H2,1H3,(H,14,15). The minimum Gasteiger partial charge on any atom is -0.384 e. The molecule has 0 spiro atoms. The summed E-state index contributed by atoms with van der Waals surface area (Å²) in [5.41, 5.74) is 6.22. The van der Waals surface area contributed by atoms with Gasteiger partial charge >= 0.3 is 0 Å². The van der Waals surface area contributed by atoms with Gasteiger partial charge in [0.25, 0.3) is 0 Å². The SMILES string of the molecule is CC1=NC([C]2[CH][CH][CH][CH]2)C(C#N)=C(N)N1. The van der Waals surface area contributed by atoms with Gasteiger partial charge in [0.15, 0.2) is 0 Å². The average molecular weight is 199 g/mol. The second-order valence-electron chi connectivity index (χ2n) is 3.40. The fraction of sp³-hybridized carbons (Fsp3) is 0.182. The summed E-state index contributed by atoms with van der Waals surface area (Å²) in [7, 11) is 0. The third-order valence-electron chi connectivity index (χ3n) is 2.33. The lowest BCUT2D eigenvalue weighted by molar-refractivity contribution is 0.787. The summed E-state index contributed by atoms with van der Waals surface area (Å²) in [5, 5.41) is 11.9. The molecule has 0 amide bonds. The summed E-state index contributed by atoms with van der Waals surface area (Å²) in [6.45, 7) is 1.83. The van der Waals surface area contributed by atoms with E-state index in [0.29, 0.717) is 11.4 Å². The van der Waals surface area contributed by atoms with Crippen LogP contribution in [0.2, 0.25) is 0 Å². The fourth-order valence-corrected chi connectivity index (χ4v) is 1.63. The quantitative estimate of drug-likeness (QED) is 0.645. The van der Waals surface area contributed by atoms with Crippen LogP contribution in [0.5, 0.6) is 0 Å². The Morgan fingerprint density at radius 1 is 1.47 bits per heavy atom. The Morgan fingerprint density at radius 3 is 2.73 bits per heavy atom. The Kier molecular flexibility index (Phi) is 2.63. The first-order chi connectivity index (χ1) is 7.22. The van der Waals surface area contributed by atoms with Gasteiger partial charge in [0, 0.05) is 5.92 Å². The van der Waals surface area contributed by atoms with Crippen LogP contribution in [0.3, 0.4) is 0 Å². The van der Waals surface area contributed by atoms with Gasteiger partial charge in [-0.15, -0.1) is 0 Å². The van der Waals surface area contributed by atoms with E-state index in [1.165, 1.54) is 0 Å². The zero-order valence-electron chi connectivity index (χ0n) is 8.36. The molecule has 2 aliphatic rings. The fourth-order valence-electron chi connectivity index (χ4n) is 1.63. The van der Waals surface area contributed by atoms with Gasteiger partial charge in [0.05, 0.1) is 17.5 Å². The number of nitrogens with one attached hydrogen (secondary N) is 1. The van der Waals surface area contributed by atoms with E-state index in [0.717, 1.165) is 11.8 Å². The van der Waals surface area contributed by atoms with Crippen molar-refractivity contribution in [3.63, 3.8) is 0 Å². The lowest BCUT2D eigenvalue weighted by atomic mass is 9.91. The van der Waals surface area contributed by atoms with Crippen molar-refractivity contribution in [2.45, 2.75) is 13.0 Å². The van der Waals surface area contributed by atoms with E-state index in [-0.39, 0.29) is 6.04 Å². The average Bonchev–Trinajstić information content (AvgIpc) is 2.69. The maximum atomic E-state index is 9.02. The van der Waals surface area contributed by atoms with Crippen LogP contribution in [0, 0.1) is 42.9 Å². The van der Waals surface area contributed by atoms with Crippen LogP contribution in [-0.2, 0) is 0 Å². The normalized spacial score (nSPS) is 27.2. The molecule has 0 aromatic heterocycles. The summed E-state index contributed by atoms with van der Waals surface area (Å²) in [6, 6.07) is 1.84. The van der Waals surface area contributed by atoms with Crippen molar-refractivity contribution in [1.29, 1.82) is 5.26 Å². The van der Waals surface area contributed by atoms with Crippen molar-refractivity contribution in [3.8, 4) is 6.07 Å². The minimum absolute atomic E-state index is 0.258. The molecule has 1 fully saturated rings. The molecule has 0 aromatic carbocycles. The van der Waals surface area contributed by atoms with Crippen LogP contribution in [0.15, 0.2) is 16.4 Å². The molecule has 2 rings (SSSR count). The van der Waals surface area contributed by atoms with E-state index in [9.17, 15) is 0 Å². The van der Waals surface area contributed by atoms with Crippen molar-refractivity contribution in [2.24, 2.45) is 10.7 Å². The molecule has 75 valence electrons. The summed E-state index contributed by atoms with van der Waals surface area (Å²) >= 11 is 0. The van der Waals surface area contributed by atoms with Crippen LogP contribution >= 0.6 is 0 Å². The molecule has 0 aromatic rings. The van der Waals surface area contributed by atoms with Crippen LogP contribution in [-0.4, -0.2) is 11.9 Å². The first-order valence-electron chi connectivity index (χ1n) is 4.65. The molecule has 1 unspecified atom stereocenters. The summed E-state index contributed by atoms with van der Waals surface area (Å²) < 4.78 is 0. The highest BCUT2D eigenvalue weighted by Gasteiger charge is 2.32. The maximum absolute atomic E-state index is 9.02. The summed E-state index contributed by atoms with van der Waals surface area (Å²) in [5.74, 6) is 2.13. The van der Waals surface area contributed by atoms with E-state index >= 15 is 0 Å². The predicted octanol–water partition coefficient (Wildman–Crippen LogP) is 0.476. The van der Waals surface area contributed by atoms with Gasteiger partial charge < -0.3 is 11.1 Å². The maximum Gasteiger partial charge on any atom is 0.118 e. The third kappa shape index (κ3) is 1.82. The van der Waals surface area contributed by atoms with Gasteiger partial charge in [0.2, 0.25) is 0 Å². The number of hydrogen-bond acceptors (Lipinski definition) is 4. The van der Waals surface area contributed by atoms with Crippen LogP contribution in [0.1, 0.15) is 6.92 Å². The van der Waals surface area contributed by atoms with Crippen molar-refractivity contribution < 1.29 is 0 Å². The van der Waals surface area contributed by atoms with Gasteiger partial charge in [-0.1, -0.05) is 0 Å². The van der Waals surface area contributed by atoms with E-state index in [4.69, 9.17) is 11.0 Å². The molecule has 1 atom stereocenters. The number of nitriles is 1. The minimum atomic E-state index is -0.258. The van der Waals surface area contributed by atoms with Crippen LogP contribution < -0.4 is 11.1 Å². The predicted molar refractivity (Wildman–Crippen MR) is 57.3 cm³/mol. The molecule has 0 bridgehead atoms. The highest BCUT2D eigenvalue weighted by atomic mass is 15.1. The number of amidine groups is 1. The molecule has 0 saturated heterocycles. The molecular formula is C11H11N4. The number of nitrogens with two attached hydrogens (primary N) is 1. The number of hydrogen-bond donors (Lipinski definition) is 2. The van der Waals surface area contributed by atoms with Crippen molar-refractivity contribution in [2.75, 3.05) is 0 Å². The molecule has 4 nitrogen and oxygen atoms in total. The van der Waals surface area contributed by atoms with Gasteiger partial charge in [-0.3, -0.25) is 4.99 Å². The zero-order chi connectivity index (χ0) is 10.8. The van der Waals surface area contributed by atoms with Gasteiger partial charge in [-0.05, 0) is 32.6 Å².